The van der Waals surface area contributed by atoms with Gasteiger partial charge in [-0.2, -0.15) is 5.10 Å². The molecule has 0 bridgehead atoms. The standard InChI is InChI=1S/C11H18N2O/c1-7-10(8(2)13(4)12-7)11(5-6-11)9(3)14/h9,14H,5-6H2,1-4H3. The van der Waals surface area contributed by atoms with Gasteiger partial charge in [-0.05, 0) is 33.6 Å². The molecule has 3 nitrogen and oxygen atoms in total. The van der Waals surface area contributed by atoms with E-state index in [-0.39, 0.29) is 11.5 Å². The maximum atomic E-state index is 9.82. The van der Waals surface area contributed by atoms with Crippen molar-refractivity contribution in [3.8, 4) is 0 Å². The van der Waals surface area contributed by atoms with Gasteiger partial charge in [-0.15, -0.1) is 0 Å². The van der Waals surface area contributed by atoms with Gasteiger partial charge >= 0.3 is 0 Å². The average Bonchev–Trinajstić information content (AvgIpc) is 2.81. The predicted molar refractivity (Wildman–Crippen MR) is 55.3 cm³/mol. The zero-order chi connectivity index (χ0) is 10.5. The lowest BCUT2D eigenvalue weighted by Gasteiger charge is -2.19. The summed E-state index contributed by atoms with van der Waals surface area (Å²) in [5.41, 5.74) is 3.56. The number of aromatic nitrogens is 2. The van der Waals surface area contributed by atoms with Crippen molar-refractivity contribution >= 4 is 0 Å². The molecule has 1 unspecified atom stereocenters. The summed E-state index contributed by atoms with van der Waals surface area (Å²) < 4.78 is 1.91. The molecule has 1 saturated carbocycles. The van der Waals surface area contributed by atoms with Crippen molar-refractivity contribution in [3.05, 3.63) is 17.0 Å². The first-order valence-corrected chi connectivity index (χ1v) is 5.18. The number of hydrogen-bond donors (Lipinski definition) is 1. The predicted octanol–water partition coefficient (Wildman–Crippen LogP) is 1.45. The molecule has 1 aliphatic rings. The number of hydrogen-bond acceptors (Lipinski definition) is 2. The number of nitrogens with zero attached hydrogens (tertiary/aromatic N) is 2. The maximum Gasteiger partial charge on any atom is 0.0635 e. The maximum absolute atomic E-state index is 9.82. The van der Waals surface area contributed by atoms with Crippen LogP contribution in [0.25, 0.3) is 0 Å². The molecule has 2 rings (SSSR count). The van der Waals surface area contributed by atoms with E-state index in [0.717, 1.165) is 18.5 Å². The molecule has 0 aromatic carbocycles. The van der Waals surface area contributed by atoms with E-state index in [1.807, 2.05) is 25.6 Å². The Bertz CT molecular complexity index is 362. The Morgan fingerprint density at radius 2 is 2.00 bits per heavy atom. The molecule has 1 aromatic rings. The lowest BCUT2D eigenvalue weighted by molar-refractivity contribution is 0.150. The number of aliphatic hydroxyl groups is 1. The van der Waals surface area contributed by atoms with Gasteiger partial charge in [0, 0.05) is 23.7 Å². The van der Waals surface area contributed by atoms with Crippen LogP contribution in [0.2, 0.25) is 0 Å². The Kier molecular flexibility index (Phi) is 1.96. The van der Waals surface area contributed by atoms with E-state index in [4.69, 9.17) is 0 Å². The molecule has 1 aliphatic carbocycles. The van der Waals surface area contributed by atoms with Crippen molar-refractivity contribution < 1.29 is 5.11 Å². The molecular weight excluding hydrogens is 176 g/mol. The summed E-state index contributed by atoms with van der Waals surface area (Å²) in [4.78, 5) is 0. The van der Waals surface area contributed by atoms with Gasteiger partial charge in [0.15, 0.2) is 0 Å². The first-order valence-electron chi connectivity index (χ1n) is 5.18. The van der Waals surface area contributed by atoms with Crippen LogP contribution in [0.4, 0.5) is 0 Å². The second-order valence-electron chi connectivity index (χ2n) is 4.50. The third kappa shape index (κ3) is 1.12. The highest BCUT2D eigenvalue weighted by atomic mass is 16.3. The Morgan fingerprint density at radius 1 is 1.43 bits per heavy atom. The van der Waals surface area contributed by atoms with Crippen LogP contribution >= 0.6 is 0 Å². The first kappa shape index (κ1) is 9.71. The van der Waals surface area contributed by atoms with E-state index < -0.39 is 0 Å². The van der Waals surface area contributed by atoms with Gasteiger partial charge in [0.1, 0.15) is 0 Å². The lowest BCUT2D eigenvalue weighted by atomic mass is 9.89. The van der Waals surface area contributed by atoms with Crippen molar-refractivity contribution in [3.63, 3.8) is 0 Å². The Hall–Kier alpha value is -0.830. The van der Waals surface area contributed by atoms with Crippen LogP contribution in [0.3, 0.4) is 0 Å². The van der Waals surface area contributed by atoms with E-state index in [1.54, 1.807) is 0 Å². The molecule has 1 heterocycles. The van der Waals surface area contributed by atoms with E-state index in [0.29, 0.717) is 0 Å². The average molecular weight is 194 g/mol. The van der Waals surface area contributed by atoms with E-state index >= 15 is 0 Å². The third-order valence-electron chi connectivity index (χ3n) is 3.60. The third-order valence-corrected chi connectivity index (χ3v) is 3.60. The molecule has 1 aromatic heterocycles. The fourth-order valence-electron chi connectivity index (χ4n) is 2.51. The molecule has 0 amide bonds. The summed E-state index contributed by atoms with van der Waals surface area (Å²) in [6.45, 7) is 6.00. The minimum atomic E-state index is -0.260. The molecule has 1 fully saturated rings. The molecule has 14 heavy (non-hydrogen) atoms. The van der Waals surface area contributed by atoms with Gasteiger partial charge < -0.3 is 5.11 Å². The lowest BCUT2D eigenvalue weighted by Crippen LogP contribution is -2.24. The summed E-state index contributed by atoms with van der Waals surface area (Å²) in [6.07, 6.45) is 1.93. The summed E-state index contributed by atoms with van der Waals surface area (Å²) >= 11 is 0. The quantitative estimate of drug-likeness (QED) is 0.773. The number of rotatable bonds is 2. The fourth-order valence-corrected chi connectivity index (χ4v) is 2.51. The fraction of sp³-hybridized carbons (Fsp3) is 0.727. The number of aliphatic hydroxyl groups excluding tert-OH is 1. The van der Waals surface area contributed by atoms with Crippen molar-refractivity contribution in [2.45, 2.75) is 45.1 Å². The zero-order valence-corrected chi connectivity index (χ0v) is 9.33. The van der Waals surface area contributed by atoms with Crippen LogP contribution < -0.4 is 0 Å². The van der Waals surface area contributed by atoms with Gasteiger partial charge in [-0.3, -0.25) is 4.68 Å². The van der Waals surface area contributed by atoms with Gasteiger partial charge in [0.2, 0.25) is 0 Å². The van der Waals surface area contributed by atoms with Crippen LogP contribution in [0.5, 0.6) is 0 Å². The Morgan fingerprint density at radius 3 is 2.29 bits per heavy atom. The molecule has 78 valence electrons. The van der Waals surface area contributed by atoms with E-state index in [1.165, 1.54) is 11.3 Å². The molecule has 1 atom stereocenters. The Balaban J connectivity index is 2.51. The summed E-state index contributed by atoms with van der Waals surface area (Å²) in [7, 11) is 1.96. The SMILES string of the molecule is Cc1nn(C)c(C)c1C1(C(C)O)CC1. The highest BCUT2D eigenvalue weighted by Gasteiger charge is 2.51. The van der Waals surface area contributed by atoms with Gasteiger partial charge in [0.05, 0.1) is 11.8 Å². The van der Waals surface area contributed by atoms with Crippen LogP contribution in [0.1, 0.15) is 36.7 Å². The topological polar surface area (TPSA) is 38.0 Å². The smallest absolute Gasteiger partial charge is 0.0635 e. The van der Waals surface area contributed by atoms with E-state index in [9.17, 15) is 5.11 Å². The van der Waals surface area contributed by atoms with Crippen LogP contribution in [0, 0.1) is 13.8 Å². The summed E-state index contributed by atoms with van der Waals surface area (Å²) in [5.74, 6) is 0. The minimum absolute atomic E-state index is 0.0163. The van der Waals surface area contributed by atoms with Crippen molar-refractivity contribution in [2.24, 2.45) is 7.05 Å². The molecule has 0 spiro atoms. The van der Waals surface area contributed by atoms with Crippen molar-refractivity contribution in [1.82, 2.24) is 9.78 Å². The second-order valence-corrected chi connectivity index (χ2v) is 4.50. The molecule has 0 saturated heterocycles. The van der Waals surface area contributed by atoms with Gasteiger partial charge in [-0.25, -0.2) is 0 Å². The normalized spacial score (nSPS) is 20.9. The van der Waals surface area contributed by atoms with Crippen molar-refractivity contribution in [2.75, 3.05) is 0 Å². The van der Waals surface area contributed by atoms with Crippen molar-refractivity contribution in [1.29, 1.82) is 0 Å². The van der Waals surface area contributed by atoms with Gasteiger partial charge in [-0.1, -0.05) is 0 Å². The minimum Gasteiger partial charge on any atom is -0.392 e. The molecular formula is C11H18N2O. The summed E-state index contributed by atoms with van der Waals surface area (Å²) in [6, 6.07) is 0. The highest BCUT2D eigenvalue weighted by Crippen LogP contribution is 2.52. The second kappa shape index (κ2) is 2.83. The number of aryl methyl sites for hydroxylation is 2. The van der Waals surface area contributed by atoms with Gasteiger partial charge in [0.25, 0.3) is 0 Å². The molecule has 3 heteroatoms. The zero-order valence-electron chi connectivity index (χ0n) is 9.33. The van der Waals surface area contributed by atoms with E-state index in [2.05, 4.69) is 12.0 Å². The Labute approximate surface area is 84.7 Å². The van der Waals surface area contributed by atoms with Crippen LogP contribution in [-0.2, 0) is 12.5 Å². The molecule has 0 aliphatic heterocycles. The summed E-state index contributed by atoms with van der Waals surface area (Å²) in [5, 5.41) is 14.2. The van der Waals surface area contributed by atoms with Crippen LogP contribution in [0.15, 0.2) is 0 Å². The first-order chi connectivity index (χ1) is 6.49. The molecule has 0 radical (unpaired) electrons. The van der Waals surface area contributed by atoms with Crippen LogP contribution in [-0.4, -0.2) is 21.0 Å². The monoisotopic (exact) mass is 194 g/mol. The largest absolute Gasteiger partial charge is 0.392 e. The highest BCUT2D eigenvalue weighted by molar-refractivity contribution is 5.39. The molecule has 1 N–H and O–H groups in total.